The van der Waals surface area contributed by atoms with Crippen LogP contribution in [0.2, 0.25) is 0 Å². The summed E-state index contributed by atoms with van der Waals surface area (Å²) in [7, 11) is 0. The Balaban J connectivity index is 1.71. The number of nitrogens with zero attached hydrogens (tertiary/aromatic N) is 1. The maximum absolute atomic E-state index is 11.1. The first-order chi connectivity index (χ1) is 10.2. The molecule has 1 amide bonds. The van der Waals surface area contributed by atoms with Gasteiger partial charge in [0.2, 0.25) is 0 Å². The third-order valence-electron chi connectivity index (χ3n) is 3.60. The van der Waals surface area contributed by atoms with Gasteiger partial charge in [-0.2, -0.15) is 0 Å². The number of carbonyl (C=O) groups excluding carboxylic acids is 1. The number of amides is 1. The first-order valence-electron chi connectivity index (χ1n) is 6.93. The van der Waals surface area contributed by atoms with Crippen molar-refractivity contribution in [2.45, 2.75) is 12.5 Å². The molecule has 3 N–H and O–H groups in total. The highest BCUT2D eigenvalue weighted by atomic mass is 16.5. The van der Waals surface area contributed by atoms with E-state index in [0.29, 0.717) is 6.54 Å². The Labute approximate surface area is 123 Å². The van der Waals surface area contributed by atoms with E-state index < -0.39 is 5.91 Å². The van der Waals surface area contributed by atoms with Gasteiger partial charge in [0, 0.05) is 18.4 Å². The van der Waals surface area contributed by atoms with Crippen molar-refractivity contribution in [1.29, 1.82) is 0 Å². The van der Waals surface area contributed by atoms with Crippen molar-refractivity contribution in [3.8, 4) is 0 Å². The number of carbonyl (C=O) groups is 1. The van der Waals surface area contributed by atoms with Crippen LogP contribution in [0.5, 0.6) is 0 Å². The Morgan fingerprint density at radius 1 is 1.38 bits per heavy atom. The molecule has 0 spiro atoms. The summed E-state index contributed by atoms with van der Waals surface area (Å²) < 4.78 is 5.83. The number of hydrogen-bond donors (Lipinski definition) is 2. The molecule has 0 saturated heterocycles. The van der Waals surface area contributed by atoms with E-state index >= 15 is 0 Å². The van der Waals surface area contributed by atoms with Crippen LogP contribution in [0.3, 0.4) is 0 Å². The Morgan fingerprint density at radius 2 is 2.24 bits per heavy atom. The number of nitrogens with two attached hydrogens (primary N) is 1. The maximum Gasteiger partial charge on any atom is 0.267 e. The van der Waals surface area contributed by atoms with Crippen LogP contribution in [0, 0.1) is 0 Å². The summed E-state index contributed by atoms with van der Waals surface area (Å²) in [5.74, 6) is -0.530. The van der Waals surface area contributed by atoms with Gasteiger partial charge in [0.05, 0.1) is 12.7 Å². The minimum atomic E-state index is -0.530. The maximum atomic E-state index is 11.1. The summed E-state index contributed by atoms with van der Waals surface area (Å²) >= 11 is 0. The topological polar surface area (TPSA) is 77.2 Å². The highest BCUT2D eigenvalue weighted by molar-refractivity contribution is 5.91. The lowest BCUT2D eigenvalue weighted by molar-refractivity contribution is 0.0513. The van der Waals surface area contributed by atoms with Crippen molar-refractivity contribution in [3.63, 3.8) is 0 Å². The zero-order valence-electron chi connectivity index (χ0n) is 11.6. The zero-order chi connectivity index (χ0) is 14.7. The second-order valence-corrected chi connectivity index (χ2v) is 4.98. The molecule has 0 bridgehead atoms. The van der Waals surface area contributed by atoms with Gasteiger partial charge in [0.1, 0.15) is 5.69 Å². The van der Waals surface area contributed by atoms with E-state index in [0.717, 1.165) is 18.7 Å². The molecule has 108 valence electrons. The Morgan fingerprint density at radius 3 is 3.10 bits per heavy atom. The normalized spacial score (nSPS) is 17.0. The molecule has 0 fully saturated rings. The van der Waals surface area contributed by atoms with E-state index in [-0.39, 0.29) is 11.8 Å². The number of hydrogen-bond acceptors (Lipinski definition) is 4. The summed E-state index contributed by atoms with van der Waals surface area (Å²) in [6.07, 6.45) is 2.53. The van der Waals surface area contributed by atoms with Crippen LogP contribution >= 0.6 is 0 Å². The van der Waals surface area contributed by atoms with E-state index in [4.69, 9.17) is 10.5 Å². The van der Waals surface area contributed by atoms with Gasteiger partial charge in [0.25, 0.3) is 5.91 Å². The van der Waals surface area contributed by atoms with Crippen molar-refractivity contribution >= 4 is 11.6 Å². The number of ether oxygens (including phenoxy) is 1. The highest BCUT2D eigenvalue weighted by Crippen LogP contribution is 2.27. The van der Waals surface area contributed by atoms with Crippen LogP contribution in [0.15, 0.2) is 42.6 Å². The summed E-state index contributed by atoms with van der Waals surface area (Å²) in [6, 6.07) is 11.8. The van der Waals surface area contributed by atoms with Crippen LogP contribution in [-0.2, 0) is 11.2 Å². The van der Waals surface area contributed by atoms with Crippen molar-refractivity contribution in [1.82, 2.24) is 4.98 Å². The van der Waals surface area contributed by atoms with Crippen LogP contribution in [0.4, 0.5) is 5.69 Å². The molecule has 1 aliphatic heterocycles. The summed E-state index contributed by atoms with van der Waals surface area (Å²) in [6.45, 7) is 1.37. The molecule has 5 nitrogen and oxygen atoms in total. The standard InChI is InChI=1S/C16H17N3O2/c17-16(20)14-9-12(5-7-18-14)19-10-15-13-4-2-1-3-11(13)6-8-21-15/h1-5,7,9,15H,6,8,10H2,(H2,17,20)(H,18,19). The molecule has 1 aromatic carbocycles. The van der Waals surface area contributed by atoms with Crippen LogP contribution in [0.1, 0.15) is 27.7 Å². The molecule has 0 radical (unpaired) electrons. The largest absolute Gasteiger partial charge is 0.382 e. The Kier molecular flexibility index (Phi) is 3.83. The molecule has 2 aromatic rings. The number of nitrogens with one attached hydrogen (secondary N) is 1. The fourth-order valence-corrected chi connectivity index (χ4v) is 2.53. The number of fused-ring (bicyclic) bond motifs is 1. The molecule has 21 heavy (non-hydrogen) atoms. The van der Waals surface area contributed by atoms with Crippen LogP contribution in [0.25, 0.3) is 0 Å². The fraction of sp³-hybridized carbons (Fsp3) is 0.250. The summed E-state index contributed by atoms with van der Waals surface area (Å²) in [5.41, 5.74) is 8.85. The molecular formula is C16H17N3O2. The van der Waals surface area contributed by atoms with Gasteiger partial charge in [-0.15, -0.1) is 0 Å². The van der Waals surface area contributed by atoms with E-state index in [9.17, 15) is 4.79 Å². The number of rotatable bonds is 4. The number of benzene rings is 1. The van der Waals surface area contributed by atoms with Crippen molar-refractivity contribution in [2.75, 3.05) is 18.5 Å². The monoisotopic (exact) mass is 283 g/mol. The number of primary amides is 1. The third kappa shape index (κ3) is 3.03. The predicted molar refractivity (Wildman–Crippen MR) is 80.1 cm³/mol. The van der Waals surface area contributed by atoms with Gasteiger partial charge in [-0.05, 0) is 29.7 Å². The average molecular weight is 283 g/mol. The number of aromatic nitrogens is 1. The summed E-state index contributed by atoms with van der Waals surface area (Å²) in [4.78, 5) is 15.1. The minimum absolute atomic E-state index is 0.0140. The molecular weight excluding hydrogens is 266 g/mol. The molecule has 5 heteroatoms. The van der Waals surface area contributed by atoms with Gasteiger partial charge >= 0.3 is 0 Å². The SMILES string of the molecule is NC(=O)c1cc(NCC2OCCc3ccccc32)ccn1. The zero-order valence-corrected chi connectivity index (χ0v) is 11.6. The van der Waals surface area contributed by atoms with Crippen molar-refractivity contribution < 1.29 is 9.53 Å². The Bertz CT molecular complexity index is 657. The lowest BCUT2D eigenvalue weighted by Gasteiger charge is -2.26. The molecule has 3 rings (SSSR count). The smallest absolute Gasteiger partial charge is 0.267 e. The van der Waals surface area contributed by atoms with E-state index in [1.807, 2.05) is 6.07 Å². The molecule has 1 aromatic heterocycles. The van der Waals surface area contributed by atoms with E-state index in [1.165, 1.54) is 11.1 Å². The van der Waals surface area contributed by atoms with Crippen LogP contribution in [-0.4, -0.2) is 24.0 Å². The molecule has 1 unspecified atom stereocenters. The number of anilines is 1. The van der Waals surface area contributed by atoms with Gasteiger partial charge in [-0.1, -0.05) is 24.3 Å². The third-order valence-corrected chi connectivity index (χ3v) is 3.60. The van der Waals surface area contributed by atoms with E-state index in [2.05, 4.69) is 28.5 Å². The number of pyridine rings is 1. The van der Waals surface area contributed by atoms with Gasteiger partial charge in [-0.25, -0.2) is 0 Å². The lowest BCUT2D eigenvalue weighted by atomic mass is 9.97. The molecule has 1 aliphatic rings. The van der Waals surface area contributed by atoms with E-state index in [1.54, 1.807) is 18.3 Å². The molecule has 0 saturated carbocycles. The predicted octanol–water partition coefficient (Wildman–Crippen LogP) is 1.91. The van der Waals surface area contributed by atoms with Gasteiger partial charge < -0.3 is 15.8 Å². The second kappa shape index (κ2) is 5.93. The fourth-order valence-electron chi connectivity index (χ4n) is 2.53. The molecule has 2 heterocycles. The van der Waals surface area contributed by atoms with Crippen molar-refractivity contribution in [2.24, 2.45) is 5.73 Å². The average Bonchev–Trinajstić information content (AvgIpc) is 2.53. The Hall–Kier alpha value is -2.40. The first-order valence-corrected chi connectivity index (χ1v) is 6.93. The molecule has 1 atom stereocenters. The minimum Gasteiger partial charge on any atom is -0.382 e. The first kappa shape index (κ1) is 13.6. The quantitative estimate of drug-likeness (QED) is 0.898. The van der Waals surface area contributed by atoms with Gasteiger partial charge in [-0.3, -0.25) is 9.78 Å². The molecule has 0 aliphatic carbocycles. The lowest BCUT2D eigenvalue weighted by Crippen LogP contribution is -2.23. The highest BCUT2D eigenvalue weighted by Gasteiger charge is 2.20. The van der Waals surface area contributed by atoms with Gasteiger partial charge in [0.15, 0.2) is 0 Å². The van der Waals surface area contributed by atoms with Crippen LogP contribution < -0.4 is 11.1 Å². The second-order valence-electron chi connectivity index (χ2n) is 4.98. The summed E-state index contributed by atoms with van der Waals surface area (Å²) in [5, 5.41) is 3.28. The van der Waals surface area contributed by atoms with Crippen molar-refractivity contribution in [3.05, 3.63) is 59.4 Å².